The molecule has 2 aromatic carbocycles. The second-order valence-electron chi connectivity index (χ2n) is 6.24. The Hall–Kier alpha value is -0.464. The maximum Gasteiger partial charge on any atom is 1.00 e. The van der Waals surface area contributed by atoms with Crippen LogP contribution < -0.4 is 61.8 Å². The van der Waals surface area contributed by atoms with Crippen molar-refractivity contribution < 1.29 is 70.7 Å². The van der Waals surface area contributed by atoms with Crippen LogP contribution >= 0.6 is 7.37 Å². The molecule has 0 bridgehead atoms. The topological polar surface area (TPSA) is 82.0 Å². The summed E-state index contributed by atoms with van der Waals surface area (Å²) in [5, 5.41) is 12.4. The molecule has 26 heavy (non-hydrogen) atoms. The van der Waals surface area contributed by atoms with Crippen molar-refractivity contribution in [3.8, 4) is 0 Å². The molecule has 0 aliphatic heterocycles. The summed E-state index contributed by atoms with van der Waals surface area (Å²) in [6, 6.07) is 17.6. The minimum absolute atomic E-state index is 0. The molecule has 0 spiro atoms. The second-order valence-corrected chi connectivity index (χ2v) is 8.60. The maximum absolute atomic E-state index is 12.9. The van der Waals surface area contributed by atoms with E-state index in [0.29, 0.717) is 11.7 Å². The molecule has 0 aromatic heterocycles. The molecular formula is C19H23KNO4P. The van der Waals surface area contributed by atoms with Crippen molar-refractivity contribution in [1.29, 1.82) is 0 Å². The molecule has 0 fully saturated rings. The van der Waals surface area contributed by atoms with Gasteiger partial charge in [0.2, 0.25) is 0 Å². The summed E-state index contributed by atoms with van der Waals surface area (Å²) in [4.78, 5) is 14.5. The van der Waals surface area contributed by atoms with E-state index in [1.165, 1.54) is 0 Å². The molecule has 0 saturated carbocycles. The third-order valence-corrected chi connectivity index (χ3v) is 5.84. The summed E-state index contributed by atoms with van der Waals surface area (Å²) in [5.41, 5.74) is 0.835. The first-order valence-electron chi connectivity index (χ1n) is 8.19. The summed E-state index contributed by atoms with van der Waals surface area (Å²) in [6.07, 6.45) is -0.497. The smallest absolute Gasteiger partial charge is 0.596 e. The number of aliphatic imine (C=N–C) groups is 1. The van der Waals surface area contributed by atoms with E-state index in [1.54, 1.807) is 30.3 Å². The molecule has 0 radical (unpaired) electrons. The summed E-state index contributed by atoms with van der Waals surface area (Å²) >= 11 is 0. The number of benzene rings is 2. The van der Waals surface area contributed by atoms with Gasteiger partial charge in [-0.3, -0.25) is 9.56 Å². The van der Waals surface area contributed by atoms with E-state index in [4.69, 9.17) is 4.74 Å². The van der Waals surface area contributed by atoms with Gasteiger partial charge < -0.3 is 14.7 Å². The molecule has 1 N–H and O–H groups in total. The first-order chi connectivity index (χ1) is 11.9. The molecule has 2 unspecified atom stereocenters. The zero-order valence-corrected chi connectivity index (χ0v) is 19.4. The summed E-state index contributed by atoms with van der Waals surface area (Å²) in [5.74, 6) is -0.905. The van der Waals surface area contributed by atoms with Crippen LogP contribution in [0.1, 0.15) is 25.8 Å². The van der Waals surface area contributed by atoms with Crippen LogP contribution in [-0.2, 0) is 15.9 Å². The molecule has 2 aromatic rings. The van der Waals surface area contributed by atoms with Gasteiger partial charge in [0, 0.05) is 11.9 Å². The monoisotopic (exact) mass is 399 g/mol. The summed E-state index contributed by atoms with van der Waals surface area (Å²) in [7, 11) is -3.83. The molecule has 7 heteroatoms. The molecule has 2 rings (SSSR count). The van der Waals surface area contributed by atoms with Crippen LogP contribution in [0.25, 0.3) is 0 Å². The Labute approximate surface area is 197 Å². The zero-order chi connectivity index (χ0) is 18.3. The Bertz CT molecular complexity index is 738. The van der Waals surface area contributed by atoms with Gasteiger partial charge in [0.05, 0.1) is 0 Å². The predicted molar refractivity (Wildman–Crippen MR) is 97.8 cm³/mol. The first-order valence-corrected chi connectivity index (χ1v) is 9.92. The van der Waals surface area contributed by atoms with Gasteiger partial charge in [-0.2, -0.15) is 0 Å². The molecule has 134 valence electrons. The van der Waals surface area contributed by atoms with E-state index in [2.05, 4.69) is 4.99 Å². The molecule has 0 aliphatic carbocycles. The third kappa shape index (κ3) is 7.27. The van der Waals surface area contributed by atoms with E-state index in [1.807, 2.05) is 44.2 Å². The van der Waals surface area contributed by atoms with Crippen molar-refractivity contribution in [3.63, 3.8) is 0 Å². The molecule has 0 aliphatic rings. The van der Waals surface area contributed by atoms with E-state index in [0.717, 1.165) is 5.56 Å². The van der Waals surface area contributed by atoms with Crippen molar-refractivity contribution in [2.75, 3.05) is 0 Å². The van der Waals surface area contributed by atoms with Gasteiger partial charge in [-0.1, -0.05) is 62.4 Å². The minimum atomic E-state index is -3.83. The Morgan fingerprint density at radius 1 is 1.12 bits per heavy atom. The van der Waals surface area contributed by atoms with Gasteiger partial charge in [0.25, 0.3) is 7.37 Å². The fraction of sp³-hybridized carbons (Fsp3) is 0.316. The molecule has 0 saturated heterocycles. The molecule has 0 heterocycles. The van der Waals surface area contributed by atoms with Crippen LogP contribution in [0.3, 0.4) is 0 Å². The van der Waals surface area contributed by atoms with Crippen molar-refractivity contribution in [2.24, 2.45) is 10.9 Å². The van der Waals surface area contributed by atoms with E-state index in [-0.39, 0.29) is 63.9 Å². The minimum Gasteiger partial charge on any atom is -0.596 e. The number of ether oxygens (including phenoxy) is 1. The van der Waals surface area contributed by atoms with E-state index in [9.17, 15) is 14.6 Å². The van der Waals surface area contributed by atoms with Crippen LogP contribution in [0.5, 0.6) is 0 Å². The summed E-state index contributed by atoms with van der Waals surface area (Å²) in [6.45, 7) is 3.92. The van der Waals surface area contributed by atoms with E-state index < -0.39 is 19.2 Å². The molecular weight excluding hydrogens is 376 g/mol. The molecule has 0 amide bonds. The van der Waals surface area contributed by atoms with Crippen molar-refractivity contribution in [1.82, 2.24) is 0 Å². The van der Waals surface area contributed by atoms with Gasteiger partial charge in [-0.25, -0.2) is 0 Å². The average molecular weight is 399 g/mol. The van der Waals surface area contributed by atoms with Crippen molar-refractivity contribution in [3.05, 3.63) is 66.2 Å². The van der Waals surface area contributed by atoms with Crippen molar-refractivity contribution in [2.45, 2.75) is 32.7 Å². The Kier molecular flexibility index (Phi) is 10.3. The number of rotatable bonds is 7. The Balaban J connectivity index is 0.00000338. The fourth-order valence-corrected chi connectivity index (χ4v) is 4.29. The zero-order valence-electron chi connectivity index (χ0n) is 15.4. The molecule has 2 atom stereocenters. The van der Waals surface area contributed by atoms with Crippen LogP contribution in [0, 0.1) is 5.92 Å². The first kappa shape index (κ1) is 23.6. The van der Waals surface area contributed by atoms with Gasteiger partial charge in [-0.15, -0.1) is 0 Å². The average Bonchev–Trinajstić information content (AvgIpc) is 2.60. The number of hydrogen-bond acceptors (Lipinski definition) is 4. The quantitative estimate of drug-likeness (QED) is 0.305. The van der Waals surface area contributed by atoms with Gasteiger partial charge in [-0.05, 0) is 30.0 Å². The SMILES string of the molecule is CC(C)CC(N=C([O-])OCc1ccccc1)P(=O)(O)c1ccccc1.[K+]. The summed E-state index contributed by atoms with van der Waals surface area (Å²) < 4.78 is 18.0. The van der Waals surface area contributed by atoms with Gasteiger partial charge in [0.1, 0.15) is 11.9 Å². The Morgan fingerprint density at radius 3 is 2.19 bits per heavy atom. The predicted octanol–water partition coefficient (Wildman–Crippen LogP) is -0.108. The largest absolute Gasteiger partial charge is 1.00 e. The molecule has 5 nitrogen and oxygen atoms in total. The van der Waals surface area contributed by atoms with Crippen molar-refractivity contribution >= 4 is 18.8 Å². The fourth-order valence-electron chi connectivity index (χ4n) is 2.39. The van der Waals surface area contributed by atoms with Crippen LogP contribution in [-0.4, -0.2) is 16.8 Å². The maximum atomic E-state index is 12.9. The van der Waals surface area contributed by atoms with Crippen LogP contribution in [0.2, 0.25) is 0 Å². The standard InChI is InChI=1S/C19H24NO4P.K/c1-15(2)13-18(25(22,23)17-11-7-4-8-12-17)20-19(21)24-14-16-9-5-3-6-10-16;/h3-12,15,18H,13-14H2,1-2H3,(H,20,21)(H,22,23);/q;+1/p-1. The van der Waals surface area contributed by atoms with Gasteiger partial charge >= 0.3 is 51.4 Å². The Morgan fingerprint density at radius 2 is 1.65 bits per heavy atom. The van der Waals surface area contributed by atoms with Crippen LogP contribution in [0.15, 0.2) is 65.7 Å². The second kappa shape index (κ2) is 11.4. The van der Waals surface area contributed by atoms with E-state index >= 15 is 0 Å². The number of hydrogen-bond donors (Lipinski definition) is 1. The normalized spacial score (nSPS) is 15.0. The van der Waals surface area contributed by atoms with Gasteiger partial charge in [0.15, 0.2) is 0 Å². The number of nitrogens with zero attached hydrogens (tertiary/aromatic N) is 1. The van der Waals surface area contributed by atoms with Crippen LogP contribution in [0.4, 0.5) is 0 Å². The third-order valence-electron chi connectivity index (χ3n) is 3.67.